The van der Waals surface area contributed by atoms with Crippen LogP contribution in [0, 0.1) is 0 Å². The predicted octanol–water partition coefficient (Wildman–Crippen LogP) is -0.522. The van der Waals surface area contributed by atoms with Gasteiger partial charge in [0.2, 0.25) is 0 Å². The number of rotatable bonds is 4. The maximum atomic E-state index is 10.8. The summed E-state index contributed by atoms with van der Waals surface area (Å²) >= 11 is 1.64. The van der Waals surface area contributed by atoms with Crippen molar-refractivity contribution in [1.29, 1.82) is 0 Å². The Bertz CT molecular complexity index is 315. The number of hydroxylamine groups is 2. The van der Waals surface area contributed by atoms with Crippen molar-refractivity contribution in [2.45, 2.75) is 6.92 Å². The van der Waals surface area contributed by atoms with Crippen LogP contribution in [0.2, 0.25) is 0 Å². The van der Waals surface area contributed by atoms with Crippen molar-refractivity contribution in [3.63, 3.8) is 0 Å². The van der Waals surface area contributed by atoms with E-state index in [9.17, 15) is 8.42 Å². The highest BCUT2D eigenvalue weighted by Gasteiger charge is 2.26. The van der Waals surface area contributed by atoms with E-state index in [-0.39, 0.29) is 5.96 Å². The van der Waals surface area contributed by atoms with E-state index in [2.05, 4.69) is 13.7 Å². The highest BCUT2D eigenvalue weighted by molar-refractivity contribution is 7.99. The fraction of sp³-hybridized carbons (Fsp3) is 0.800. The lowest BCUT2D eigenvalue weighted by Gasteiger charge is -2.22. The molecule has 0 unspecified atom stereocenters. The van der Waals surface area contributed by atoms with Crippen molar-refractivity contribution in [3.8, 4) is 0 Å². The Morgan fingerprint density at radius 2 is 2.36 bits per heavy atom. The van der Waals surface area contributed by atoms with Crippen LogP contribution in [0.25, 0.3) is 0 Å². The molecule has 1 heterocycles. The van der Waals surface area contributed by atoms with Gasteiger partial charge in [0.25, 0.3) is 5.96 Å². The average molecular weight is 241 g/mol. The number of oxime groups is 1. The number of hydrogen-bond donors (Lipinski definition) is 1. The van der Waals surface area contributed by atoms with Gasteiger partial charge in [0.1, 0.15) is 0 Å². The van der Waals surface area contributed by atoms with Crippen LogP contribution >= 0.6 is 11.8 Å². The minimum absolute atomic E-state index is 0.100. The van der Waals surface area contributed by atoms with Crippen molar-refractivity contribution in [3.05, 3.63) is 0 Å². The lowest BCUT2D eigenvalue weighted by Crippen LogP contribution is -2.43. The lowest BCUT2D eigenvalue weighted by molar-refractivity contribution is -0.00815. The molecule has 82 valence electrons. The van der Waals surface area contributed by atoms with Gasteiger partial charge < -0.3 is 5.73 Å². The van der Waals surface area contributed by atoms with E-state index in [0.717, 1.165) is 10.8 Å². The summed E-state index contributed by atoms with van der Waals surface area (Å²) in [5.74, 6) is 1.53. The Hall–Kier alpha value is -0.670. The molecule has 1 rings (SSSR count). The van der Waals surface area contributed by atoms with E-state index in [1.807, 2.05) is 6.92 Å². The Morgan fingerprint density at radius 1 is 1.64 bits per heavy atom. The summed E-state index contributed by atoms with van der Waals surface area (Å²) in [6.45, 7) is 2.34. The molecule has 1 aliphatic heterocycles. The highest BCUT2D eigenvalue weighted by atomic mass is 32.3. The molecule has 0 aromatic rings. The van der Waals surface area contributed by atoms with Crippen molar-refractivity contribution in [2.24, 2.45) is 10.9 Å². The van der Waals surface area contributed by atoms with Gasteiger partial charge in [0, 0.05) is 5.75 Å². The standard InChI is InChI=1S/C5H11N3O4S2/c1-2-13-4-3-8-5(6)7-11-14(9,10)12-8/h2-4H2,1H3,(H2,6,7). The lowest BCUT2D eigenvalue weighted by atomic mass is 10.7. The third kappa shape index (κ3) is 3.24. The first-order valence-electron chi connectivity index (χ1n) is 3.87. The van der Waals surface area contributed by atoms with Crippen LogP contribution in [0.5, 0.6) is 0 Å². The zero-order chi connectivity index (χ0) is 10.6. The van der Waals surface area contributed by atoms with Crippen LogP contribution < -0.4 is 5.73 Å². The first-order chi connectivity index (χ1) is 6.55. The zero-order valence-corrected chi connectivity index (χ0v) is 9.18. The zero-order valence-electron chi connectivity index (χ0n) is 7.54. The van der Waals surface area contributed by atoms with Gasteiger partial charge in [-0.1, -0.05) is 6.92 Å². The molecule has 0 radical (unpaired) electrons. The maximum Gasteiger partial charge on any atom is 0.491 e. The molecule has 14 heavy (non-hydrogen) atoms. The largest absolute Gasteiger partial charge is 0.491 e. The van der Waals surface area contributed by atoms with E-state index in [4.69, 9.17) is 5.73 Å². The number of hydrogen-bond acceptors (Lipinski definition) is 8. The third-order valence-electron chi connectivity index (χ3n) is 1.30. The Kier molecular flexibility index (Phi) is 3.84. The first-order valence-corrected chi connectivity index (χ1v) is 6.36. The topological polar surface area (TPSA) is 94.2 Å². The molecule has 0 saturated heterocycles. The minimum Gasteiger partial charge on any atom is -0.365 e. The summed E-state index contributed by atoms with van der Waals surface area (Å²) < 4.78 is 30.0. The SMILES string of the molecule is CCSCCN1OS(=O)(=O)ON=C1N. The maximum absolute atomic E-state index is 10.8. The molecule has 0 spiro atoms. The second-order valence-corrected chi connectivity index (χ2v) is 4.81. The summed E-state index contributed by atoms with van der Waals surface area (Å²) in [6.07, 6.45) is 0. The predicted molar refractivity (Wildman–Crippen MR) is 52.4 cm³/mol. The van der Waals surface area contributed by atoms with Gasteiger partial charge in [-0.05, 0) is 10.9 Å². The minimum atomic E-state index is -4.05. The van der Waals surface area contributed by atoms with Gasteiger partial charge >= 0.3 is 10.4 Å². The molecule has 9 heteroatoms. The van der Waals surface area contributed by atoms with E-state index in [0.29, 0.717) is 12.3 Å². The van der Waals surface area contributed by atoms with Crippen LogP contribution in [0.1, 0.15) is 6.92 Å². The van der Waals surface area contributed by atoms with E-state index < -0.39 is 10.4 Å². The molecule has 0 amide bonds. The smallest absolute Gasteiger partial charge is 0.365 e. The molecular formula is C5H11N3O4S2. The van der Waals surface area contributed by atoms with E-state index in [1.165, 1.54) is 0 Å². The molecule has 0 fully saturated rings. The van der Waals surface area contributed by atoms with E-state index in [1.54, 1.807) is 11.8 Å². The molecule has 0 aromatic heterocycles. The average Bonchev–Trinajstić information content (AvgIpc) is 2.11. The van der Waals surface area contributed by atoms with Crippen LogP contribution in [-0.4, -0.2) is 37.5 Å². The molecule has 0 bridgehead atoms. The van der Waals surface area contributed by atoms with Crippen LogP contribution in [0.15, 0.2) is 5.16 Å². The summed E-state index contributed by atoms with van der Waals surface area (Å²) in [7, 11) is -4.05. The summed E-state index contributed by atoms with van der Waals surface area (Å²) in [6, 6.07) is 0. The Balaban J connectivity index is 2.51. The van der Waals surface area contributed by atoms with Crippen molar-refractivity contribution in [1.82, 2.24) is 5.06 Å². The number of guanidine groups is 1. The van der Waals surface area contributed by atoms with E-state index >= 15 is 0 Å². The monoisotopic (exact) mass is 241 g/mol. The molecule has 7 nitrogen and oxygen atoms in total. The second-order valence-electron chi connectivity index (χ2n) is 2.31. The van der Waals surface area contributed by atoms with Gasteiger partial charge in [-0.25, -0.2) is 4.28 Å². The molecule has 2 N–H and O–H groups in total. The normalized spacial score (nSPS) is 20.1. The number of thioether (sulfide) groups is 1. The Labute approximate surface area is 86.5 Å². The van der Waals surface area contributed by atoms with Crippen molar-refractivity contribution < 1.29 is 17.0 Å². The quantitative estimate of drug-likeness (QED) is 0.661. The van der Waals surface area contributed by atoms with Crippen LogP contribution in [0.4, 0.5) is 0 Å². The second kappa shape index (κ2) is 4.71. The van der Waals surface area contributed by atoms with Gasteiger partial charge in [0.05, 0.1) is 6.54 Å². The third-order valence-corrected chi connectivity index (χ3v) is 2.80. The van der Waals surface area contributed by atoms with Gasteiger partial charge in [-0.15, -0.1) is 4.28 Å². The summed E-state index contributed by atoms with van der Waals surface area (Å²) in [5.41, 5.74) is 5.33. The van der Waals surface area contributed by atoms with Gasteiger partial charge in [0.15, 0.2) is 0 Å². The van der Waals surface area contributed by atoms with Gasteiger partial charge in [-0.2, -0.15) is 25.2 Å². The van der Waals surface area contributed by atoms with Crippen LogP contribution in [0.3, 0.4) is 0 Å². The molecule has 1 aliphatic rings. The molecule has 0 atom stereocenters. The van der Waals surface area contributed by atoms with Crippen LogP contribution in [-0.2, 0) is 19.0 Å². The molecule has 0 aromatic carbocycles. The number of nitrogens with two attached hydrogens (primary N) is 1. The fourth-order valence-corrected chi connectivity index (χ4v) is 1.88. The fourth-order valence-electron chi connectivity index (χ4n) is 0.735. The van der Waals surface area contributed by atoms with Gasteiger partial charge in [-0.3, -0.25) is 0 Å². The number of nitrogens with zero attached hydrogens (tertiary/aromatic N) is 2. The highest BCUT2D eigenvalue weighted by Crippen LogP contribution is 2.09. The summed E-state index contributed by atoms with van der Waals surface area (Å²) in [4.78, 5) is 0. The molecule has 0 saturated carbocycles. The molecular weight excluding hydrogens is 230 g/mol. The Morgan fingerprint density at radius 3 is 3.00 bits per heavy atom. The molecule has 0 aliphatic carbocycles. The first kappa shape index (κ1) is 11.4. The summed E-state index contributed by atoms with van der Waals surface area (Å²) in [5, 5.41) is 4.13. The van der Waals surface area contributed by atoms with Crippen molar-refractivity contribution >= 4 is 28.1 Å². The van der Waals surface area contributed by atoms with Crippen molar-refractivity contribution in [2.75, 3.05) is 18.1 Å².